The van der Waals surface area contributed by atoms with Crippen LogP contribution in [0.1, 0.15) is 46.5 Å². The van der Waals surface area contributed by atoms with Crippen molar-refractivity contribution in [1.82, 2.24) is 15.3 Å². The van der Waals surface area contributed by atoms with Crippen LogP contribution in [-0.2, 0) is 9.53 Å². The highest BCUT2D eigenvalue weighted by Gasteiger charge is 2.33. The average molecular weight is 421 g/mol. The number of hydrogen-bond donors (Lipinski definition) is 3. The molecule has 0 aromatic carbocycles. The molecule has 0 spiro atoms. The van der Waals surface area contributed by atoms with E-state index >= 15 is 0 Å². The Kier molecular flexibility index (Phi) is 9.71. The van der Waals surface area contributed by atoms with Gasteiger partial charge in [0.25, 0.3) is 5.91 Å². The molecular weight excluding hydrogens is 384 g/mol. The van der Waals surface area contributed by atoms with E-state index in [1.54, 1.807) is 7.11 Å². The Hall–Kier alpha value is -2.00. The summed E-state index contributed by atoms with van der Waals surface area (Å²) in [7, 11) is 1.63. The second kappa shape index (κ2) is 12.0. The van der Waals surface area contributed by atoms with Crippen LogP contribution in [0.15, 0.2) is 40.6 Å². The van der Waals surface area contributed by atoms with E-state index in [0.29, 0.717) is 6.54 Å². The van der Waals surface area contributed by atoms with Crippen molar-refractivity contribution in [1.29, 1.82) is 0 Å². The van der Waals surface area contributed by atoms with E-state index in [9.17, 15) is 15.0 Å². The number of hydrazine groups is 1. The number of hydrogen-bond acceptors (Lipinski definition) is 7. The topological polar surface area (TPSA) is 97.6 Å². The standard InChI is InChI=1S/C22H36N4O4/c1-5-8-9-11-19-24-18(16(7-3)10-6-2)12-21(30-4)25(19)15-20(27)26-14-17(13-23-26)22(28)29/h6-7,10,12,17,21-23,28-29H,5,8-9,11,13-15H2,1-4H3/b10-6-,16-7+. The van der Waals surface area contributed by atoms with E-state index in [0.717, 1.165) is 42.8 Å². The molecule has 1 fully saturated rings. The van der Waals surface area contributed by atoms with E-state index < -0.39 is 18.4 Å². The molecule has 0 aromatic rings. The van der Waals surface area contributed by atoms with E-state index in [-0.39, 0.29) is 19.0 Å². The second-order valence-electron chi connectivity index (χ2n) is 7.58. The maximum Gasteiger partial charge on any atom is 0.256 e. The summed E-state index contributed by atoms with van der Waals surface area (Å²) in [5.74, 6) is 0.290. The number of nitrogens with zero attached hydrogens (tertiary/aromatic N) is 3. The number of rotatable bonds is 10. The van der Waals surface area contributed by atoms with Crippen molar-refractivity contribution in [2.24, 2.45) is 10.9 Å². The molecule has 2 aliphatic heterocycles. The molecule has 8 nitrogen and oxygen atoms in total. The van der Waals surface area contributed by atoms with Crippen LogP contribution in [0.5, 0.6) is 0 Å². The maximum atomic E-state index is 12.9. The number of amidine groups is 1. The minimum atomic E-state index is -1.44. The smallest absolute Gasteiger partial charge is 0.256 e. The number of carbonyl (C=O) groups excluding carboxylic acids is 1. The molecule has 2 aliphatic rings. The molecule has 2 heterocycles. The normalized spacial score (nSPS) is 22.8. The molecule has 0 aromatic heterocycles. The SMILES string of the molecule is C/C=C\C(=C/C)C1=CC(OC)N(CC(=O)N2CC(C(O)O)CN2)C(CCCCC)=N1. The summed E-state index contributed by atoms with van der Waals surface area (Å²) in [4.78, 5) is 19.7. The third-order valence-corrected chi connectivity index (χ3v) is 5.38. The number of amides is 1. The van der Waals surface area contributed by atoms with Crippen LogP contribution in [-0.4, -0.2) is 71.1 Å². The summed E-state index contributed by atoms with van der Waals surface area (Å²) in [6.45, 7) is 6.82. The van der Waals surface area contributed by atoms with Crippen molar-refractivity contribution in [3.05, 3.63) is 35.6 Å². The molecule has 8 heteroatoms. The van der Waals surface area contributed by atoms with Crippen molar-refractivity contribution in [3.8, 4) is 0 Å². The summed E-state index contributed by atoms with van der Waals surface area (Å²) < 4.78 is 5.71. The predicted molar refractivity (Wildman–Crippen MR) is 117 cm³/mol. The average Bonchev–Trinajstić information content (AvgIpc) is 3.24. The Morgan fingerprint density at radius 1 is 1.40 bits per heavy atom. The van der Waals surface area contributed by atoms with E-state index in [4.69, 9.17) is 9.73 Å². The minimum absolute atomic E-state index is 0.100. The van der Waals surface area contributed by atoms with Crippen molar-refractivity contribution >= 4 is 11.7 Å². The molecule has 2 rings (SSSR count). The van der Waals surface area contributed by atoms with Gasteiger partial charge >= 0.3 is 0 Å². The molecular formula is C22H36N4O4. The molecule has 168 valence electrons. The number of unbranched alkanes of at least 4 members (excludes halogenated alkanes) is 2. The lowest BCUT2D eigenvalue weighted by Crippen LogP contribution is -2.50. The van der Waals surface area contributed by atoms with Gasteiger partial charge in [-0.05, 0) is 31.9 Å². The van der Waals surface area contributed by atoms with E-state index in [1.165, 1.54) is 5.01 Å². The van der Waals surface area contributed by atoms with Gasteiger partial charge in [0.15, 0.2) is 12.5 Å². The lowest BCUT2D eigenvalue weighted by molar-refractivity contribution is -0.135. The van der Waals surface area contributed by atoms with Crippen molar-refractivity contribution in [3.63, 3.8) is 0 Å². The van der Waals surface area contributed by atoms with Crippen molar-refractivity contribution in [2.45, 2.75) is 59.0 Å². The molecule has 0 aliphatic carbocycles. The number of aliphatic hydroxyl groups is 2. The van der Waals surface area contributed by atoms with Gasteiger partial charge in [-0.25, -0.2) is 10.4 Å². The Labute approximate surface area is 179 Å². The van der Waals surface area contributed by atoms with Crippen LogP contribution < -0.4 is 5.43 Å². The lowest BCUT2D eigenvalue weighted by atomic mass is 10.1. The molecule has 2 atom stereocenters. The Bertz CT molecular complexity index is 699. The van der Waals surface area contributed by atoms with Gasteiger partial charge in [-0.15, -0.1) is 0 Å². The van der Waals surface area contributed by atoms with Gasteiger partial charge < -0.3 is 19.8 Å². The molecule has 0 radical (unpaired) electrons. The molecule has 2 unspecified atom stereocenters. The zero-order chi connectivity index (χ0) is 22.1. The van der Waals surface area contributed by atoms with Crippen LogP contribution in [0.3, 0.4) is 0 Å². The predicted octanol–water partition coefficient (Wildman–Crippen LogP) is 1.93. The summed E-state index contributed by atoms with van der Waals surface area (Å²) in [6, 6.07) is 0. The Morgan fingerprint density at radius 2 is 2.17 bits per heavy atom. The van der Waals surface area contributed by atoms with Gasteiger partial charge in [0.1, 0.15) is 12.4 Å². The van der Waals surface area contributed by atoms with Gasteiger partial charge in [-0.1, -0.05) is 38.0 Å². The summed E-state index contributed by atoms with van der Waals surface area (Å²) >= 11 is 0. The highest BCUT2D eigenvalue weighted by Crippen LogP contribution is 2.24. The highest BCUT2D eigenvalue weighted by molar-refractivity contribution is 5.90. The quantitative estimate of drug-likeness (QED) is 0.284. The summed E-state index contributed by atoms with van der Waals surface area (Å²) in [5, 5.41) is 20.2. The Balaban J connectivity index is 2.21. The van der Waals surface area contributed by atoms with Gasteiger partial charge in [0.2, 0.25) is 0 Å². The largest absolute Gasteiger partial charge is 0.368 e. The first-order valence-electron chi connectivity index (χ1n) is 10.7. The number of carbonyl (C=O) groups is 1. The maximum absolute atomic E-state index is 12.9. The molecule has 0 bridgehead atoms. The van der Waals surface area contributed by atoms with E-state index in [1.807, 2.05) is 43.1 Å². The van der Waals surface area contributed by atoms with Gasteiger partial charge in [-0.3, -0.25) is 9.80 Å². The molecule has 30 heavy (non-hydrogen) atoms. The lowest BCUT2D eigenvalue weighted by Gasteiger charge is -2.35. The molecule has 1 amide bonds. The van der Waals surface area contributed by atoms with Crippen LogP contribution in [0, 0.1) is 5.92 Å². The number of allylic oxidation sites excluding steroid dienone is 3. The number of nitrogens with one attached hydrogen (secondary N) is 1. The van der Waals surface area contributed by atoms with Crippen LogP contribution in [0.25, 0.3) is 0 Å². The van der Waals surface area contributed by atoms with Gasteiger partial charge in [0.05, 0.1) is 5.70 Å². The Morgan fingerprint density at radius 3 is 2.73 bits per heavy atom. The zero-order valence-electron chi connectivity index (χ0n) is 18.5. The first kappa shape index (κ1) is 24.3. The van der Waals surface area contributed by atoms with Crippen molar-refractivity contribution in [2.75, 3.05) is 26.7 Å². The minimum Gasteiger partial charge on any atom is -0.368 e. The fourth-order valence-corrected chi connectivity index (χ4v) is 3.60. The highest BCUT2D eigenvalue weighted by atomic mass is 16.5. The zero-order valence-corrected chi connectivity index (χ0v) is 18.5. The first-order chi connectivity index (χ1) is 14.4. The van der Waals surface area contributed by atoms with Crippen LogP contribution in [0.4, 0.5) is 0 Å². The number of aliphatic imine (C=N–C) groups is 1. The fourth-order valence-electron chi connectivity index (χ4n) is 3.60. The van der Waals surface area contributed by atoms with Crippen LogP contribution in [0.2, 0.25) is 0 Å². The van der Waals surface area contributed by atoms with Crippen molar-refractivity contribution < 1.29 is 19.7 Å². The molecule has 1 saturated heterocycles. The molecule has 3 N–H and O–H groups in total. The monoisotopic (exact) mass is 420 g/mol. The first-order valence-corrected chi connectivity index (χ1v) is 10.7. The summed E-state index contributed by atoms with van der Waals surface area (Å²) in [5.41, 5.74) is 4.81. The third kappa shape index (κ3) is 6.25. The third-order valence-electron chi connectivity index (χ3n) is 5.38. The molecule has 0 saturated carbocycles. The number of ether oxygens (including phenoxy) is 1. The summed E-state index contributed by atoms with van der Waals surface area (Å²) in [6.07, 6.45) is 10.0. The fraction of sp³-hybridized carbons (Fsp3) is 0.636. The number of methoxy groups -OCH3 is 1. The van der Waals surface area contributed by atoms with Gasteiger partial charge in [-0.2, -0.15) is 0 Å². The second-order valence-corrected chi connectivity index (χ2v) is 7.58. The van der Waals surface area contributed by atoms with Crippen LogP contribution >= 0.6 is 0 Å². The van der Waals surface area contributed by atoms with Gasteiger partial charge in [0, 0.05) is 32.5 Å². The number of aliphatic hydroxyl groups excluding tert-OH is 1. The van der Waals surface area contributed by atoms with E-state index in [2.05, 4.69) is 12.3 Å².